The molecule has 0 fully saturated rings. The summed E-state index contributed by atoms with van der Waals surface area (Å²) in [6, 6.07) is 7.60. The molecule has 0 saturated heterocycles. The zero-order valence-electron chi connectivity index (χ0n) is 10.3. The van der Waals surface area contributed by atoms with Crippen LogP contribution in [0.2, 0.25) is 0 Å². The van der Waals surface area contributed by atoms with Crippen molar-refractivity contribution >= 4 is 48.9 Å². The highest BCUT2D eigenvalue weighted by Crippen LogP contribution is 2.35. The first-order chi connectivity index (χ1) is 9.25. The van der Waals surface area contributed by atoms with E-state index in [0.717, 1.165) is 20.8 Å². The third kappa shape index (κ3) is 3.99. The lowest BCUT2D eigenvalue weighted by molar-refractivity contribution is -0.137. The Hall–Kier alpha value is -0.530. The van der Waals surface area contributed by atoms with Crippen LogP contribution in [0.15, 0.2) is 38.6 Å². The van der Waals surface area contributed by atoms with Crippen molar-refractivity contribution in [3.63, 3.8) is 0 Å². The quantitative estimate of drug-likeness (QED) is 0.591. The molecule has 1 aromatic heterocycles. The van der Waals surface area contributed by atoms with Gasteiger partial charge in [0.05, 0.1) is 15.4 Å². The highest BCUT2D eigenvalue weighted by Gasteiger charge is 2.31. The van der Waals surface area contributed by atoms with Gasteiger partial charge in [0, 0.05) is 15.0 Å². The van der Waals surface area contributed by atoms with E-state index in [9.17, 15) is 13.2 Å². The number of alkyl halides is 3. The normalized spacial score (nSPS) is 13.3. The molecule has 2 rings (SSSR count). The average Bonchev–Trinajstić information content (AvgIpc) is 2.74. The van der Waals surface area contributed by atoms with Gasteiger partial charge >= 0.3 is 6.18 Å². The van der Waals surface area contributed by atoms with Gasteiger partial charge in [0.15, 0.2) is 0 Å². The first-order valence-corrected chi connectivity index (χ1v) is 8.05. The molecule has 1 atom stereocenters. The van der Waals surface area contributed by atoms with Gasteiger partial charge in [0.1, 0.15) is 0 Å². The molecule has 1 nitrogen and oxygen atoms in total. The Bertz CT molecular complexity index is 610. The van der Waals surface area contributed by atoms with Gasteiger partial charge in [-0.25, -0.2) is 0 Å². The number of anilines is 1. The Balaban J connectivity index is 2.23. The smallest absolute Gasteiger partial charge is 0.378 e. The molecular weight excluding hydrogens is 419 g/mol. The molecule has 0 saturated carbocycles. The summed E-state index contributed by atoms with van der Waals surface area (Å²) in [5.74, 6) is 0. The van der Waals surface area contributed by atoms with Gasteiger partial charge in [0.2, 0.25) is 0 Å². The number of hydrogen-bond acceptors (Lipinski definition) is 2. The Labute approximate surface area is 135 Å². The number of thiophene rings is 1. The molecule has 7 heteroatoms. The van der Waals surface area contributed by atoms with Crippen molar-refractivity contribution < 1.29 is 13.2 Å². The van der Waals surface area contributed by atoms with Crippen LogP contribution >= 0.6 is 43.2 Å². The van der Waals surface area contributed by atoms with Gasteiger partial charge in [-0.2, -0.15) is 13.2 Å². The van der Waals surface area contributed by atoms with Crippen molar-refractivity contribution in [2.24, 2.45) is 0 Å². The van der Waals surface area contributed by atoms with Crippen molar-refractivity contribution in [3.05, 3.63) is 49.0 Å². The molecule has 0 aliphatic heterocycles. The zero-order valence-corrected chi connectivity index (χ0v) is 14.3. The topological polar surface area (TPSA) is 12.0 Å². The van der Waals surface area contributed by atoms with Crippen LogP contribution in [0.4, 0.5) is 18.9 Å². The van der Waals surface area contributed by atoms with E-state index < -0.39 is 11.7 Å². The van der Waals surface area contributed by atoms with Crippen molar-refractivity contribution in [1.29, 1.82) is 0 Å². The Morgan fingerprint density at radius 2 is 1.85 bits per heavy atom. The van der Waals surface area contributed by atoms with Crippen LogP contribution in [-0.2, 0) is 6.18 Å². The minimum atomic E-state index is -4.35. The lowest BCUT2D eigenvalue weighted by Gasteiger charge is -2.16. The van der Waals surface area contributed by atoms with Gasteiger partial charge in [0.25, 0.3) is 0 Å². The Kier molecular flexibility index (Phi) is 4.81. The molecule has 1 aromatic carbocycles. The number of hydrogen-bond donors (Lipinski definition) is 1. The van der Waals surface area contributed by atoms with E-state index in [0.29, 0.717) is 10.2 Å². The minimum absolute atomic E-state index is 0.0679. The maximum atomic E-state index is 12.8. The molecule has 0 aliphatic carbocycles. The third-order valence-corrected chi connectivity index (χ3v) is 4.89. The van der Waals surface area contributed by atoms with Crippen LogP contribution in [0.25, 0.3) is 0 Å². The molecule has 0 aliphatic rings. The second kappa shape index (κ2) is 6.07. The fraction of sp³-hybridized carbons (Fsp3) is 0.231. The van der Waals surface area contributed by atoms with Gasteiger partial charge in [-0.05, 0) is 53.2 Å². The highest BCUT2D eigenvalue weighted by atomic mass is 79.9. The van der Waals surface area contributed by atoms with Crippen LogP contribution in [0.5, 0.6) is 0 Å². The maximum absolute atomic E-state index is 12.8. The molecule has 0 radical (unpaired) electrons. The lowest BCUT2D eigenvalue weighted by atomic mass is 10.1. The summed E-state index contributed by atoms with van der Waals surface area (Å²) < 4.78 is 39.7. The standard InChI is InChI=1S/C13H10Br2F3NS/c1-7(11-2-3-12(15)20-11)19-10-5-8(13(16,17)18)4-9(14)6-10/h2-7,19H,1H3. The van der Waals surface area contributed by atoms with Gasteiger partial charge in [-0.15, -0.1) is 11.3 Å². The second-order valence-electron chi connectivity index (χ2n) is 4.23. The average molecular weight is 429 g/mol. The van der Waals surface area contributed by atoms with E-state index in [1.54, 1.807) is 17.4 Å². The van der Waals surface area contributed by atoms with E-state index >= 15 is 0 Å². The summed E-state index contributed by atoms with van der Waals surface area (Å²) in [5.41, 5.74) is -0.238. The number of rotatable bonds is 3. The van der Waals surface area contributed by atoms with Gasteiger partial charge in [-0.1, -0.05) is 15.9 Å². The van der Waals surface area contributed by atoms with Crippen LogP contribution < -0.4 is 5.32 Å². The van der Waals surface area contributed by atoms with Crippen LogP contribution in [0.1, 0.15) is 23.4 Å². The predicted molar refractivity (Wildman–Crippen MR) is 83.2 cm³/mol. The van der Waals surface area contributed by atoms with Crippen molar-refractivity contribution in [2.75, 3.05) is 5.32 Å². The largest absolute Gasteiger partial charge is 0.416 e. The van der Waals surface area contributed by atoms with Gasteiger partial charge < -0.3 is 5.32 Å². The number of benzene rings is 1. The SMILES string of the molecule is CC(Nc1cc(Br)cc(C(F)(F)F)c1)c1ccc(Br)s1. The molecular formula is C13H10Br2F3NS. The van der Waals surface area contributed by atoms with Crippen LogP contribution in [-0.4, -0.2) is 0 Å². The van der Waals surface area contributed by atoms with Crippen LogP contribution in [0, 0.1) is 0 Å². The summed E-state index contributed by atoms with van der Waals surface area (Å²) in [7, 11) is 0. The zero-order chi connectivity index (χ0) is 14.9. The predicted octanol–water partition coefficient (Wildman–Crippen LogP) is 6.47. The molecule has 1 heterocycles. The molecule has 0 bridgehead atoms. The van der Waals surface area contributed by atoms with E-state index in [2.05, 4.69) is 37.2 Å². The number of halogens is 5. The van der Waals surface area contributed by atoms with Crippen LogP contribution in [0.3, 0.4) is 0 Å². The second-order valence-corrected chi connectivity index (χ2v) is 7.64. The fourth-order valence-corrected chi connectivity index (χ4v) is 3.64. The summed E-state index contributed by atoms with van der Waals surface area (Å²) in [4.78, 5) is 1.05. The Morgan fingerprint density at radius 1 is 1.15 bits per heavy atom. The van der Waals surface area contributed by atoms with E-state index in [1.807, 2.05) is 19.1 Å². The molecule has 0 spiro atoms. The first-order valence-electron chi connectivity index (χ1n) is 5.65. The summed E-state index contributed by atoms with van der Waals surface area (Å²) >= 11 is 8.03. The molecule has 2 aromatic rings. The molecule has 20 heavy (non-hydrogen) atoms. The van der Waals surface area contributed by atoms with Crippen molar-refractivity contribution in [3.8, 4) is 0 Å². The van der Waals surface area contributed by atoms with Gasteiger partial charge in [-0.3, -0.25) is 0 Å². The summed E-state index contributed by atoms with van der Waals surface area (Å²) in [6.45, 7) is 1.91. The molecule has 108 valence electrons. The fourth-order valence-electron chi connectivity index (χ4n) is 1.72. The maximum Gasteiger partial charge on any atom is 0.416 e. The number of nitrogens with one attached hydrogen (secondary N) is 1. The first kappa shape index (κ1) is 15.9. The van der Waals surface area contributed by atoms with E-state index in [1.165, 1.54) is 0 Å². The monoisotopic (exact) mass is 427 g/mol. The van der Waals surface area contributed by atoms with E-state index in [4.69, 9.17) is 0 Å². The molecule has 1 N–H and O–H groups in total. The molecule has 0 amide bonds. The van der Waals surface area contributed by atoms with Crippen molar-refractivity contribution in [1.82, 2.24) is 0 Å². The third-order valence-electron chi connectivity index (χ3n) is 2.63. The summed E-state index contributed by atoms with van der Waals surface area (Å²) in [6.07, 6.45) is -4.35. The van der Waals surface area contributed by atoms with Crippen molar-refractivity contribution in [2.45, 2.75) is 19.1 Å². The van der Waals surface area contributed by atoms with E-state index in [-0.39, 0.29) is 6.04 Å². The lowest BCUT2D eigenvalue weighted by Crippen LogP contribution is -2.08. The Morgan fingerprint density at radius 3 is 2.40 bits per heavy atom. The highest BCUT2D eigenvalue weighted by molar-refractivity contribution is 9.11. The summed E-state index contributed by atoms with van der Waals surface area (Å²) in [5, 5.41) is 3.08. The molecule has 1 unspecified atom stereocenters. The minimum Gasteiger partial charge on any atom is -0.378 e.